The van der Waals surface area contributed by atoms with E-state index in [4.69, 9.17) is 15.9 Å². The highest BCUT2D eigenvalue weighted by Crippen LogP contribution is 2.06. The number of amides is 2. The molecule has 0 radical (unpaired) electrons. The molecule has 0 aliphatic carbocycles. The van der Waals surface area contributed by atoms with Gasteiger partial charge in [0.05, 0.1) is 0 Å². The molecule has 1 aromatic rings. The third-order valence-electron chi connectivity index (χ3n) is 2.66. The van der Waals surface area contributed by atoms with Gasteiger partial charge in [-0.3, -0.25) is 14.4 Å². The highest BCUT2D eigenvalue weighted by atomic mass is 16.4. The summed E-state index contributed by atoms with van der Waals surface area (Å²) in [5.41, 5.74) is 5.26. The summed E-state index contributed by atoms with van der Waals surface area (Å²) in [4.78, 5) is 44.3. The van der Waals surface area contributed by atoms with Gasteiger partial charge in [0.15, 0.2) is 0 Å². The van der Waals surface area contributed by atoms with Crippen LogP contribution in [0.4, 0.5) is 0 Å². The average Bonchev–Trinajstić information content (AvgIpc) is 2.42. The van der Waals surface area contributed by atoms with Crippen LogP contribution in [0.15, 0.2) is 24.3 Å². The Morgan fingerprint density at radius 3 is 2.29 bits per heavy atom. The lowest BCUT2D eigenvalue weighted by Crippen LogP contribution is -2.41. The predicted molar refractivity (Wildman–Crippen MR) is 70.7 cm³/mol. The molecular formula is C13H14N2O6. The minimum absolute atomic E-state index is 0.0628. The van der Waals surface area contributed by atoms with Crippen molar-refractivity contribution in [1.29, 1.82) is 0 Å². The predicted octanol–water partition coefficient (Wildman–Crippen LogP) is -0.167. The van der Waals surface area contributed by atoms with Crippen molar-refractivity contribution in [3.8, 4) is 0 Å². The molecule has 0 aliphatic heterocycles. The second-order valence-corrected chi connectivity index (χ2v) is 4.24. The number of carboxylic acids is 2. The van der Waals surface area contributed by atoms with Crippen LogP contribution in [0.2, 0.25) is 0 Å². The fourth-order valence-electron chi connectivity index (χ4n) is 1.58. The van der Waals surface area contributed by atoms with Crippen LogP contribution in [0.25, 0.3) is 0 Å². The van der Waals surface area contributed by atoms with Gasteiger partial charge in [0.25, 0.3) is 5.91 Å². The highest BCUT2D eigenvalue weighted by molar-refractivity contribution is 6.00. The number of carboxylic acid groups (broad SMARTS) is 2. The smallest absolute Gasteiger partial charge is 0.326 e. The zero-order valence-corrected chi connectivity index (χ0v) is 10.9. The number of carbonyl (C=O) groups is 4. The van der Waals surface area contributed by atoms with E-state index >= 15 is 0 Å². The first-order valence-corrected chi connectivity index (χ1v) is 5.96. The lowest BCUT2D eigenvalue weighted by atomic mass is 10.1. The summed E-state index contributed by atoms with van der Waals surface area (Å²) in [6, 6.07) is 4.14. The highest BCUT2D eigenvalue weighted by Gasteiger charge is 2.21. The van der Waals surface area contributed by atoms with E-state index < -0.39 is 36.2 Å². The van der Waals surface area contributed by atoms with E-state index in [0.717, 1.165) is 0 Å². The van der Waals surface area contributed by atoms with Gasteiger partial charge in [0, 0.05) is 17.5 Å². The summed E-state index contributed by atoms with van der Waals surface area (Å²) in [5, 5.41) is 19.7. The lowest BCUT2D eigenvalue weighted by molar-refractivity contribution is -0.140. The zero-order chi connectivity index (χ0) is 16.0. The minimum Gasteiger partial charge on any atom is -0.481 e. The summed E-state index contributed by atoms with van der Waals surface area (Å²) in [5.74, 6) is -3.94. The van der Waals surface area contributed by atoms with Crippen molar-refractivity contribution in [3.05, 3.63) is 35.4 Å². The molecule has 0 spiro atoms. The van der Waals surface area contributed by atoms with Gasteiger partial charge in [0.2, 0.25) is 5.91 Å². The van der Waals surface area contributed by atoms with Crippen LogP contribution >= 0.6 is 0 Å². The maximum absolute atomic E-state index is 11.9. The lowest BCUT2D eigenvalue weighted by Gasteiger charge is -2.13. The fourth-order valence-corrected chi connectivity index (χ4v) is 1.58. The van der Waals surface area contributed by atoms with Gasteiger partial charge in [-0.2, -0.15) is 0 Å². The number of aliphatic carboxylic acids is 2. The summed E-state index contributed by atoms with van der Waals surface area (Å²) < 4.78 is 0. The number of hydrogen-bond donors (Lipinski definition) is 4. The minimum atomic E-state index is -1.34. The van der Waals surface area contributed by atoms with Gasteiger partial charge in [0.1, 0.15) is 6.04 Å². The summed E-state index contributed by atoms with van der Waals surface area (Å²) in [6.07, 6.45) is -0.634. The molecule has 1 rings (SSSR count). The second-order valence-electron chi connectivity index (χ2n) is 4.24. The fraction of sp³-hybridized carbons (Fsp3) is 0.231. The van der Waals surface area contributed by atoms with Crippen molar-refractivity contribution < 1.29 is 29.4 Å². The van der Waals surface area contributed by atoms with Crippen LogP contribution in [0.3, 0.4) is 0 Å². The third-order valence-corrected chi connectivity index (χ3v) is 2.66. The largest absolute Gasteiger partial charge is 0.481 e. The molecule has 0 saturated heterocycles. The average molecular weight is 294 g/mol. The molecular weight excluding hydrogens is 280 g/mol. The van der Waals surface area contributed by atoms with Gasteiger partial charge >= 0.3 is 11.9 Å². The van der Waals surface area contributed by atoms with Crippen molar-refractivity contribution >= 4 is 23.8 Å². The van der Waals surface area contributed by atoms with Crippen molar-refractivity contribution in [2.75, 3.05) is 0 Å². The van der Waals surface area contributed by atoms with E-state index in [-0.39, 0.29) is 17.5 Å². The number of nitrogens with two attached hydrogens (primary N) is 1. The normalized spacial score (nSPS) is 11.4. The Morgan fingerprint density at radius 2 is 1.76 bits per heavy atom. The van der Waals surface area contributed by atoms with Crippen molar-refractivity contribution in [3.63, 3.8) is 0 Å². The SMILES string of the molecule is NC(=O)c1cccc(C(=O)NC(CCC(=O)O)C(=O)O)c1. The molecule has 0 fully saturated rings. The molecule has 2 amide bonds. The monoisotopic (exact) mass is 294 g/mol. The van der Waals surface area contributed by atoms with E-state index in [9.17, 15) is 19.2 Å². The Kier molecular flexibility index (Phi) is 5.41. The molecule has 0 bridgehead atoms. The molecule has 1 unspecified atom stereocenters. The van der Waals surface area contributed by atoms with E-state index in [2.05, 4.69) is 5.32 Å². The summed E-state index contributed by atoms with van der Waals surface area (Å²) in [6.45, 7) is 0. The topological polar surface area (TPSA) is 147 Å². The second kappa shape index (κ2) is 7.04. The Morgan fingerprint density at radius 1 is 1.14 bits per heavy atom. The van der Waals surface area contributed by atoms with Gasteiger partial charge in [-0.25, -0.2) is 4.79 Å². The third kappa shape index (κ3) is 4.94. The van der Waals surface area contributed by atoms with Crippen molar-refractivity contribution in [1.82, 2.24) is 5.32 Å². The van der Waals surface area contributed by atoms with Crippen LogP contribution in [0.5, 0.6) is 0 Å². The first-order valence-electron chi connectivity index (χ1n) is 5.96. The Bertz CT molecular complexity index is 584. The number of hydrogen-bond acceptors (Lipinski definition) is 4. The Balaban J connectivity index is 2.82. The number of benzene rings is 1. The number of carbonyl (C=O) groups excluding carboxylic acids is 2. The van der Waals surface area contributed by atoms with E-state index in [1.54, 1.807) is 0 Å². The first-order chi connectivity index (χ1) is 9.81. The maximum atomic E-state index is 11.9. The number of nitrogens with one attached hydrogen (secondary N) is 1. The summed E-state index contributed by atoms with van der Waals surface area (Å²) in [7, 11) is 0. The van der Waals surface area contributed by atoms with E-state index in [1.165, 1.54) is 24.3 Å². The molecule has 1 atom stereocenters. The molecule has 21 heavy (non-hydrogen) atoms. The van der Waals surface area contributed by atoms with E-state index in [0.29, 0.717) is 0 Å². The van der Waals surface area contributed by atoms with Crippen molar-refractivity contribution in [2.24, 2.45) is 5.73 Å². The standard InChI is InChI=1S/C13H14N2O6/c14-11(18)7-2-1-3-8(6-7)12(19)15-9(13(20)21)4-5-10(16)17/h1-3,6,9H,4-5H2,(H2,14,18)(H,15,19)(H,16,17)(H,20,21). The van der Waals surface area contributed by atoms with Crippen LogP contribution in [-0.2, 0) is 9.59 Å². The van der Waals surface area contributed by atoms with Gasteiger partial charge in [-0.1, -0.05) is 6.07 Å². The first kappa shape index (κ1) is 16.2. The molecule has 112 valence electrons. The number of primary amides is 1. The molecule has 0 aliphatic rings. The molecule has 0 heterocycles. The number of rotatable bonds is 7. The van der Waals surface area contributed by atoms with Gasteiger partial charge in [-0.15, -0.1) is 0 Å². The molecule has 1 aromatic carbocycles. The Labute approximate surface area is 119 Å². The molecule has 0 saturated carbocycles. The van der Waals surface area contributed by atoms with Crippen molar-refractivity contribution in [2.45, 2.75) is 18.9 Å². The molecule has 8 heteroatoms. The van der Waals surface area contributed by atoms with Crippen LogP contribution < -0.4 is 11.1 Å². The molecule has 8 nitrogen and oxygen atoms in total. The van der Waals surface area contributed by atoms with E-state index in [1.807, 2.05) is 0 Å². The maximum Gasteiger partial charge on any atom is 0.326 e. The Hall–Kier alpha value is -2.90. The quantitative estimate of drug-likeness (QED) is 0.549. The van der Waals surface area contributed by atoms with Gasteiger partial charge < -0.3 is 21.3 Å². The molecule has 5 N–H and O–H groups in total. The van der Waals surface area contributed by atoms with Crippen LogP contribution in [-0.4, -0.2) is 40.0 Å². The van der Waals surface area contributed by atoms with Crippen LogP contribution in [0.1, 0.15) is 33.6 Å². The zero-order valence-electron chi connectivity index (χ0n) is 10.9. The van der Waals surface area contributed by atoms with Gasteiger partial charge in [-0.05, 0) is 24.6 Å². The summed E-state index contributed by atoms with van der Waals surface area (Å²) >= 11 is 0. The molecule has 0 aromatic heterocycles. The van der Waals surface area contributed by atoms with Crippen LogP contribution in [0, 0.1) is 0 Å².